The molecule has 0 saturated heterocycles. The van der Waals surface area contributed by atoms with Gasteiger partial charge in [0.05, 0.1) is 13.7 Å². The standard InChI is InChI=1S/C15H23F2NO3/c1-10(2)7-12(9-19)18-8-11-5-4-6-13(20-3)14(11)21-15(16)17/h4-6,10,12,15,18-19H,7-9H2,1-3H3. The number of hydrogen-bond donors (Lipinski definition) is 2. The van der Waals surface area contributed by atoms with Crippen LogP contribution in [0.2, 0.25) is 0 Å². The topological polar surface area (TPSA) is 50.7 Å². The first-order valence-electron chi connectivity index (χ1n) is 6.92. The van der Waals surface area contributed by atoms with Crippen LogP contribution < -0.4 is 14.8 Å². The van der Waals surface area contributed by atoms with Gasteiger partial charge in [0.15, 0.2) is 11.5 Å². The number of aliphatic hydroxyl groups is 1. The zero-order chi connectivity index (χ0) is 15.8. The number of alkyl halides is 2. The van der Waals surface area contributed by atoms with E-state index in [2.05, 4.69) is 23.9 Å². The van der Waals surface area contributed by atoms with E-state index in [1.165, 1.54) is 7.11 Å². The third kappa shape index (κ3) is 5.85. The second kappa shape index (κ2) is 8.79. The minimum Gasteiger partial charge on any atom is -0.493 e. The SMILES string of the molecule is COc1cccc(CNC(CO)CC(C)C)c1OC(F)F. The number of rotatable bonds is 9. The third-order valence-electron chi connectivity index (χ3n) is 3.04. The van der Waals surface area contributed by atoms with E-state index in [1.807, 2.05) is 0 Å². The second-order valence-corrected chi connectivity index (χ2v) is 5.22. The number of nitrogens with one attached hydrogen (secondary N) is 1. The zero-order valence-corrected chi connectivity index (χ0v) is 12.6. The van der Waals surface area contributed by atoms with E-state index < -0.39 is 6.61 Å². The van der Waals surface area contributed by atoms with Gasteiger partial charge in [0.2, 0.25) is 0 Å². The number of methoxy groups -OCH3 is 1. The summed E-state index contributed by atoms with van der Waals surface area (Å²) < 4.78 is 34.6. The van der Waals surface area contributed by atoms with Crippen molar-refractivity contribution in [2.75, 3.05) is 13.7 Å². The molecule has 0 heterocycles. The van der Waals surface area contributed by atoms with Crippen LogP contribution in [0.15, 0.2) is 18.2 Å². The van der Waals surface area contributed by atoms with Gasteiger partial charge in [0, 0.05) is 18.2 Å². The summed E-state index contributed by atoms with van der Waals surface area (Å²) in [7, 11) is 1.40. The summed E-state index contributed by atoms with van der Waals surface area (Å²) in [4.78, 5) is 0. The Morgan fingerprint density at radius 2 is 2.00 bits per heavy atom. The highest BCUT2D eigenvalue weighted by molar-refractivity contribution is 5.46. The predicted octanol–water partition coefficient (Wildman–Crippen LogP) is 2.79. The highest BCUT2D eigenvalue weighted by Crippen LogP contribution is 2.32. The molecule has 0 bridgehead atoms. The van der Waals surface area contributed by atoms with Crippen LogP contribution in [0, 0.1) is 5.92 Å². The molecular weight excluding hydrogens is 280 g/mol. The van der Waals surface area contributed by atoms with Crippen molar-refractivity contribution in [3.63, 3.8) is 0 Å². The number of halogens is 2. The summed E-state index contributed by atoms with van der Waals surface area (Å²) in [6.45, 7) is 1.51. The van der Waals surface area contributed by atoms with Crippen molar-refractivity contribution < 1.29 is 23.4 Å². The second-order valence-electron chi connectivity index (χ2n) is 5.22. The largest absolute Gasteiger partial charge is 0.493 e. The van der Waals surface area contributed by atoms with Crippen molar-refractivity contribution in [1.82, 2.24) is 5.32 Å². The van der Waals surface area contributed by atoms with Crippen LogP contribution in [0.1, 0.15) is 25.8 Å². The number of aliphatic hydroxyl groups excluding tert-OH is 1. The fourth-order valence-corrected chi connectivity index (χ4v) is 2.13. The van der Waals surface area contributed by atoms with Gasteiger partial charge in [-0.3, -0.25) is 0 Å². The van der Waals surface area contributed by atoms with Gasteiger partial charge in [-0.05, 0) is 18.4 Å². The third-order valence-corrected chi connectivity index (χ3v) is 3.04. The molecule has 0 spiro atoms. The minimum atomic E-state index is -2.91. The highest BCUT2D eigenvalue weighted by Gasteiger charge is 2.16. The summed E-state index contributed by atoms with van der Waals surface area (Å²) in [5.41, 5.74) is 0.567. The van der Waals surface area contributed by atoms with Crippen LogP contribution >= 0.6 is 0 Å². The smallest absolute Gasteiger partial charge is 0.387 e. The molecule has 6 heteroatoms. The molecule has 0 radical (unpaired) electrons. The molecule has 0 fully saturated rings. The van der Waals surface area contributed by atoms with Gasteiger partial charge >= 0.3 is 6.61 Å². The molecule has 1 unspecified atom stereocenters. The monoisotopic (exact) mass is 303 g/mol. The number of hydrogen-bond acceptors (Lipinski definition) is 4. The van der Waals surface area contributed by atoms with E-state index in [1.54, 1.807) is 18.2 Å². The summed E-state index contributed by atoms with van der Waals surface area (Å²) in [6, 6.07) is 4.89. The first-order valence-corrected chi connectivity index (χ1v) is 6.92. The molecule has 1 atom stereocenters. The average Bonchev–Trinajstić information content (AvgIpc) is 2.43. The average molecular weight is 303 g/mol. The maximum Gasteiger partial charge on any atom is 0.387 e. The van der Waals surface area contributed by atoms with Crippen LogP contribution in [-0.2, 0) is 6.54 Å². The first kappa shape index (κ1) is 17.7. The van der Waals surface area contributed by atoms with Gasteiger partial charge in [-0.2, -0.15) is 8.78 Å². The van der Waals surface area contributed by atoms with Crippen LogP contribution in [0.25, 0.3) is 0 Å². The molecule has 0 aliphatic heterocycles. The molecule has 0 aromatic heterocycles. The summed E-state index contributed by atoms with van der Waals surface area (Å²) in [5, 5.41) is 12.5. The quantitative estimate of drug-likeness (QED) is 0.736. The molecular formula is C15H23F2NO3. The van der Waals surface area contributed by atoms with Gasteiger partial charge in [-0.1, -0.05) is 26.0 Å². The Labute approximate surface area is 124 Å². The van der Waals surface area contributed by atoms with Gasteiger partial charge in [0.25, 0.3) is 0 Å². The summed E-state index contributed by atoms with van der Waals surface area (Å²) >= 11 is 0. The van der Waals surface area contributed by atoms with E-state index in [4.69, 9.17) is 4.74 Å². The lowest BCUT2D eigenvalue weighted by molar-refractivity contribution is -0.0519. The van der Waals surface area contributed by atoms with Gasteiger partial charge in [-0.25, -0.2) is 0 Å². The van der Waals surface area contributed by atoms with Crippen molar-refractivity contribution >= 4 is 0 Å². The van der Waals surface area contributed by atoms with Crippen LogP contribution in [0.4, 0.5) is 8.78 Å². The van der Waals surface area contributed by atoms with Crippen molar-refractivity contribution in [2.45, 2.75) is 39.5 Å². The summed E-state index contributed by atoms with van der Waals surface area (Å²) in [5.74, 6) is 0.722. The Morgan fingerprint density at radius 3 is 2.52 bits per heavy atom. The Kier molecular flexibility index (Phi) is 7.39. The zero-order valence-electron chi connectivity index (χ0n) is 12.6. The molecule has 120 valence electrons. The predicted molar refractivity (Wildman–Crippen MR) is 76.8 cm³/mol. The molecule has 0 amide bonds. The first-order chi connectivity index (χ1) is 9.97. The number of ether oxygens (including phenoxy) is 2. The molecule has 1 aromatic carbocycles. The molecule has 1 aromatic rings. The maximum absolute atomic E-state index is 12.5. The highest BCUT2D eigenvalue weighted by atomic mass is 19.3. The normalized spacial score (nSPS) is 12.8. The fraction of sp³-hybridized carbons (Fsp3) is 0.600. The van der Waals surface area contributed by atoms with E-state index >= 15 is 0 Å². The van der Waals surface area contributed by atoms with Gasteiger partial charge in [-0.15, -0.1) is 0 Å². The van der Waals surface area contributed by atoms with Crippen LogP contribution in [-0.4, -0.2) is 31.5 Å². The van der Waals surface area contributed by atoms with Gasteiger partial charge < -0.3 is 19.9 Å². The van der Waals surface area contributed by atoms with Crippen LogP contribution in [0.5, 0.6) is 11.5 Å². The number of para-hydroxylation sites is 1. The van der Waals surface area contributed by atoms with E-state index in [0.29, 0.717) is 18.0 Å². The lowest BCUT2D eigenvalue weighted by Gasteiger charge is -2.20. The van der Waals surface area contributed by atoms with E-state index in [0.717, 1.165) is 6.42 Å². The van der Waals surface area contributed by atoms with Crippen molar-refractivity contribution in [3.05, 3.63) is 23.8 Å². The van der Waals surface area contributed by atoms with Crippen molar-refractivity contribution in [3.8, 4) is 11.5 Å². The maximum atomic E-state index is 12.5. The molecule has 0 aliphatic carbocycles. The van der Waals surface area contributed by atoms with E-state index in [-0.39, 0.29) is 24.1 Å². The Morgan fingerprint density at radius 1 is 1.29 bits per heavy atom. The van der Waals surface area contributed by atoms with Crippen LogP contribution in [0.3, 0.4) is 0 Å². The molecule has 0 saturated carbocycles. The van der Waals surface area contributed by atoms with Gasteiger partial charge in [0.1, 0.15) is 0 Å². The Bertz CT molecular complexity index is 427. The Balaban J connectivity index is 2.81. The molecule has 4 nitrogen and oxygen atoms in total. The minimum absolute atomic E-state index is 0.00676. The Hall–Kier alpha value is -1.40. The molecule has 0 aliphatic rings. The lowest BCUT2D eigenvalue weighted by Crippen LogP contribution is -2.33. The van der Waals surface area contributed by atoms with Crippen molar-refractivity contribution in [2.24, 2.45) is 5.92 Å². The fourth-order valence-electron chi connectivity index (χ4n) is 2.13. The van der Waals surface area contributed by atoms with E-state index in [9.17, 15) is 13.9 Å². The summed E-state index contributed by atoms with van der Waals surface area (Å²) in [6.07, 6.45) is 0.797. The number of benzene rings is 1. The molecule has 2 N–H and O–H groups in total. The lowest BCUT2D eigenvalue weighted by atomic mass is 10.0. The molecule has 1 rings (SSSR count). The van der Waals surface area contributed by atoms with Crippen molar-refractivity contribution in [1.29, 1.82) is 0 Å². The molecule has 21 heavy (non-hydrogen) atoms.